The van der Waals surface area contributed by atoms with E-state index in [1.54, 1.807) is 0 Å². The number of fused-ring (bicyclic) bond motifs is 1. The molecule has 11 heteroatoms. The average Bonchev–Trinajstić information content (AvgIpc) is 3.85. The number of hydrogen-bond donors (Lipinski definition) is 4. The highest BCUT2D eigenvalue weighted by atomic mass is 16.5. The van der Waals surface area contributed by atoms with Gasteiger partial charge in [-0.05, 0) is 60.9 Å². The molecule has 1 heterocycles. The first-order valence-electron chi connectivity index (χ1n) is 16.5. The van der Waals surface area contributed by atoms with E-state index < -0.39 is 53.5 Å². The van der Waals surface area contributed by atoms with Crippen molar-refractivity contribution >= 4 is 40.6 Å². The van der Waals surface area contributed by atoms with E-state index in [1.165, 1.54) is 7.11 Å². The Hall–Kier alpha value is -4.93. The summed E-state index contributed by atoms with van der Waals surface area (Å²) in [7, 11) is 1.23. The molecule has 2 aliphatic rings. The van der Waals surface area contributed by atoms with Crippen molar-refractivity contribution in [3.8, 4) is 0 Å². The van der Waals surface area contributed by atoms with Crippen molar-refractivity contribution in [2.75, 3.05) is 7.11 Å². The van der Waals surface area contributed by atoms with Crippen molar-refractivity contribution in [2.45, 2.75) is 82.6 Å². The maximum Gasteiger partial charge on any atom is 0.408 e. The fourth-order valence-electron chi connectivity index (χ4n) is 6.30. The summed E-state index contributed by atoms with van der Waals surface area (Å²) in [5, 5.41) is 13.2. The van der Waals surface area contributed by atoms with Gasteiger partial charge in [-0.25, -0.2) is 9.59 Å². The summed E-state index contributed by atoms with van der Waals surface area (Å²) in [6, 6.07) is 19.6. The molecule has 11 nitrogen and oxygen atoms in total. The van der Waals surface area contributed by atoms with E-state index in [2.05, 4.69) is 21.3 Å². The Kier molecular flexibility index (Phi) is 11.0. The van der Waals surface area contributed by atoms with E-state index in [1.807, 2.05) is 86.6 Å². The zero-order valence-corrected chi connectivity index (χ0v) is 27.6. The van der Waals surface area contributed by atoms with E-state index in [-0.39, 0.29) is 31.3 Å². The highest BCUT2D eigenvalue weighted by Crippen LogP contribution is 2.34. The van der Waals surface area contributed by atoms with Crippen LogP contribution in [0.3, 0.4) is 0 Å². The highest BCUT2D eigenvalue weighted by molar-refractivity contribution is 5.94. The molecule has 4 atom stereocenters. The zero-order chi connectivity index (χ0) is 34.3. The number of ether oxygens (including phenoxy) is 2. The van der Waals surface area contributed by atoms with Crippen LogP contribution in [0, 0.1) is 11.8 Å². The Morgan fingerprint density at radius 2 is 1.50 bits per heavy atom. The van der Waals surface area contributed by atoms with Gasteiger partial charge in [0.15, 0.2) is 0 Å². The van der Waals surface area contributed by atoms with Crippen molar-refractivity contribution in [3.63, 3.8) is 0 Å². The van der Waals surface area contributed by atoms with Gasteiger partial charge in [-0.1, -0.05) is 85.6 Å². The number of amides is 4. The molecule has 1 saturated carbocycles. The third-order valence-electron chi connectivity index (χ3n) is 8.94. The third kappa shape index (κ3) is 9.33. The molecule has 0 bridgehead atoms. The molecule has 4 N–H and O–H groups in total. The molecule has 4 amide bonds. The maximum atomic E-state index is 14.0. The number of esters is 1. The number of benzene rings is 3. The SMILES string of the molecule is COC(=O)[C@H](C[C@@H]1CC(C)(C)NC1=O)NC(=O)[C@H](CC1CC1)NC(=O)[C@H](Cc1cccc2ccccc12)NC(=O)OCc1ccccc1. The van der Waals surface area contributed by atoms with Gasteiger partial charge in [0.25, 0.3) is 0 Å². The normalized spacial score (nSPS) is 18.6. The summed E-state index contributed by atoms with van der Waals surface area (Å²) in [5.41, 5.74) is 1.20. The van der Waals surface area contributed by atoms with Crippen molar-refractivity contribution in [2.24, 2.45) is 11.8 Å². The number of carbonyl (C=O) groups excluding carboxylic acids is 5. The molecule has 254 valence electrons. The monoisotopic (exact) mass is 656 g/mol. The summed E-state index contributed by atoms with van der Waals surface area (Å²) < 4.78 is 10.4. The van der Waals surface area contributed by atoms with Gasteiger partial charge < -0.3 is 30.7 Å². The quantitative estimate of drug-likeness (QED) is 0.192. The van der Waals surface area contributed by atoms with Crippen LogP contribution in [-0.4, -0.2) is 60.6 Å². The van der Waals surface area contributed by atoms with Crippen molar-refractivity contribution in [1.82, 2.24) is 21.3 Å². The lowest BCUT2D eigenvalue weighted by atomic mass is 9.91. The van der Waals surface area contributed by atoms with E-state index in [0.717, 1.165) is 34.7 Å². The van der Waals surface area contributed by atoms with Crippen LogP contribution in [0.15, 0.2) is 72.8 Å². The predicted molar refractivity (Wildman–Crippen MR) is 179 cm³/mol. The first-order valence-corrected chi connectivity index (χ1v) is 16.5. The summed E-state index contributed by atoms with van der Waals surface area (Å²) in [4.78, 5) is 66.1. The van der Waals surface area contributed by atoms with Crippen LogP contribution in [0.25, 0.3) is 10.8 Å². The summed E-state index contributed by atoms with van der Waals surface area (Å²) in [5.74, 6) is -2.23. The smallest absolute Gasteiger partial charge is 0.408 e. The number of alkyl carbamates (subject to hydrolysis) is 1. The summed E-state index contributed by atoms with van der Waals surface area (Å²) in [6.45, 7) is 3.82. The number of rotatable bonds is 14. The average molecular weight is 657 g/mol. The van der Waals surface area contributed by atoms with Crippen molar-refractivity contribution in [1.29, 1.82) is 0 Å². The third-order valence-corrected chi connectivity index (χ3v) is 8.94. The first-order chi connectivity index (χ1) is 23.0. The minimum atomic E-state index is -1.08. The van der Waals surface area contributed by atoms with E-state index >= 15 is 0 Å². The van der Waals surface area contributed by atoms with Gasteiger partial charge in [-0.3, -0.25) is 14.4 Å². The number of nitrogens with one attached hydrogen (secondary N) is 4. The maximum absolute atomic E-state index is 14.0. The van der Waals surface area contributed by atoms with Crippen molar-refractivity contribution in [3.05, 3.63) is 83.9 Å². The van der Waals surface area contributed by atoms with Crippen LogP contribution in [0.4, 0.5) is 4.79 Å². The summed E-state index contributed by atoms with van der Waals surface area (Å²) >= 11 is 0. The van der Waals surface area contributed by atoms with E-state index in [9.17, 15) is 24.0 Å². The van der Waals surface area contributed by atoms with E-state index in [0.29, 0.717) is 12.8 Å². The molecule has 2 fully saturated rings. The molecule has 0 radical (unpaired) electrons. The van der Waals surface area contributed by atoms with Crippen molar-refractivity contribution < 1.29 is 33.4 Å². The fraction of sp³-hybridized carbons (Fsp3) is 0.432. The van der Waals surface area contributed by atoms with Crippen LogP contribution in [0.2, 0.25) is 0 Å². The predicted octanol–water partition coefficient (Wildman–Crippen LogP) is 3.92. The van der Waals surface area contributed by atoms with Crippen LogP contribution >= 0.6 is 0 Å². The second kappa shape index (κ2) is 15.3. The minimum absolute atomic E-state index is 0.0209. The number of hydrogen-bond acceptors (Lipinski definition) is 7. The molecule has 3 aromatic rings. The van der Waals surface area contributed by atoms with Gasteiger partial charge in [-0.15, -0.1) is 0 Å². The fourth-order valence-corrected chi connectivity index (χ4v) is 6.30. The Morgan fingerprint density at radius 1 is 0.833 bits per heavy atom. The summed E-state index contributed by atoms with van der Waals surface area (Å²) in [6.07, 6.45) is 2.13. The molecule has 5 rings (SSSR count). The Bertz CT molecular complexity index is 1630. The van der Waals surface area contributed by atoms with Gasteiger partial charge in [0, 0.05) is 17.9 Å². The molecule has 0 unspecified atom stereocenters. The second-order valence-corrected chi connectivity index (χ2v) is 13.4. The topological polar surface area (TPSA) is 152 Å². The van der Waals surface area contributed by atoms with Gasteiger partial charge in [-0.2, -0.15) is 0 Å². The standard InChI is InChI=1S/C37H44N4O7/c1-37(2)21-27(32(42)41-37)20-31(35(45)47-3)39-33(43)29(18-23-16-17-23)38-34(44)30(40-36(46)48-22-24-10-5-4-6-11-24)19-26-14-9-13-25-12-7-8-15-28(25)26/h4-15,23,27,29-31H,16-22H2,1-3H3,(H,38,44)(H,39,43)(H,40,46)(H,41,42)/t27-,29+,30+,31+/m1/s1. The molecule has 0 spiro atoms. The molecular formula is C37H44N4O7. The Labute approximate surface area is 280 Å². The Morgan fingerprint density at radius 3 is 2.19 bits per heavy atom. The lowest BCUT2D eigenvalue weighted by molar-refractivity contribution is -0.146. The molecule has 48 heavy (non-hydrogen) atoms. The Balaban J connectivity index is 1.33. The number of methoxy groups -OCH3 is 1. The molecule has 0 aromatic heterocycles. The highest BCUT2D eigenvalue weighted by Gasteiger charge is 2.41. The lowest BCUT2D eigenvalue weighted by Crippen LogP contribution is -2.56. The van der Waals surface area contributed by atoms with E-state index in [4.69, 9.17) is 9.47 Å². The van der Waals surface area contributed by atoms with Gasteiger partial charge in [0.05, 0.1) is 7.11 Å². The molecule has 3 aromatic carbocycles. The van der Waals surface area contributed by atoms with Gasteiger partial charge >= 0.3 is 12.1 Å². The number of carbonyl (C=O) groups is 5. The van der Waals surface area contributed by atoms with Crippen LogP contribution < -0.4 is 21.3 Å². The van der Waals surface area contributed by atoms with Crippen LogP contribution in [-0.2, 0) is 41.7 Å². The second-order valence-electron chi connectivity index (χ2n) is 13.4. The molecule has 1 saturated heterocycles. The van der Waals surface area contributed by atoms with Crippen LogP contribution in [0.1, 0.15) is 57.1 Å². The van der Waals surface area contributed by atoms with Gasteiger partial charge in [0.2, 0.25) is 17.7 Å². The molecule has 1 aliphatic heterocycles. The zero-order valence-electron chi connectivity index (χ0n) is 27.6. The lowest BCUT2D eigenvalue weighted by Gasteiger charge is -2.26. The van der Waals surface area contributed by atoms with Crippen LogP contribution in [0.5, 0.6) is 0 Å². The molecular weight excluding hydrogens is 612 g/mol. The minimum Gasteiger partial charge on any atom is -0.467 e. The largest absolute Gasteiger partial charge is 0.467 e. The van der Waals surface area contributed by atoms with Gasteiger partial charge in [0.1, 0.15) is 24.7 Å². The first kappa shape index (κ1) is 34.4. The molecule has 1 aliphatic carbocycles.